The predicted octanol–water partition coefficient (Wildman–Crippen LogP) is 3.54. The van der Waals surface area contributed by atoms with Crippen LogP contribution in [-0.2, 0) is 26.5 Å². The molecule has 0 spiro atoms. The van der Waals surface area contributed by atoms with Crippen LogP contribution in [0.25, 0.3) is 0 Å². The van der Waals surface area contributed by atoms with E-state index in [0.29, 0.717) is 18.5 Å². The van der Waals surface area contributed by atoms with E-state index in [0.717, 1.165) is 17.7 Å². The fourth-order valence-corrected chi connectivity index (χ4v) is 6.40. The summed E-state index contributed by atoms with van der Waals surface area (Å²) in [5, 5.41) is 11.2. The van der Waals surface area contributed by atoms with Crippen LogP contribution in [0.15, 0.2) is 82.6 Å². The molecule has 0 radical (unpaired) electrons. The van der Waals surface area contributed by atoms with Crippen molar-refractivity contribution in [2.75, 3.05) is 15.6 Å². The van der Waals surface area contributed by atoms with E-state index in [1.807, 2.05) is 0 Å². The molecule has 1 aliphatic rings. The molecule has 0 amide bonds. The largest absolute Gasteiger partial charge is 0.289 e. The molecule has 4 rings (SSSR count). The summed E-state index contributed by atoms with van der Waals surface area (Å²) in [6.45, 7) is 0.255. The number of nitro groups is 1. The van der Waals surface area contributed by atoms with Crippen molar-refractivity contribution in [1.82, 2.24) is 0 Å². The minimum absolute atomic E-state index is 0.108. The van der Waals surface area contributed by atoms with Gasteiger partial charge in [0.15, 0.2) is 4.90 Å². The molecular formula is C21H19N3O6S2. The molecule has 0 unspecified atom stereocenters. The second-order valence-corrected chi connectivity index (χ2v) is 10.7. The van der Waals surface area contributed by atoms with Crippen LogP contribution in [0.5, 0.6) is 0 Å². The van der Waals surface area contributed by atoms with Crippen molar-refractivity contribution >= 4 is 37.1 Å². The van der Waals surface area contributed by atoms with Gasteiger partial charge in [-0.3, -0.25) is 19.1 Å². The number of para-hydroxylation sites is 1. The first-order valence-electron chi connectivity index (χ1n) is 9.67. The van der Waals surface area contributed by atoms with Gasteiger partial charge in [-0.25, -0.2) is 16.8 Å². The van der Waals surface area contributed by atoms with Gasteiger partial charge in [0.2, 0.25) is 0 Å². The summed E-state index contributed by atoms with van der Waals surface area (Å²) in [5.41, 5.74) is 0.704. The van der Waals surface area contributed by atoms with Gasteiger partial charge in [-0.2, -0.15) is 0 Å². The summed E-state index contributed by atoms with van der Waals surface area (Å²) in [7, 11) is -8.12. The van der Waals surface area contributed by atoms with Crippen LogP contribution in [-0.4, -0.2) is 28.3 Å². The average molecular weight is 474 g/mol. The first-order valence-corrected chi connectivity index (χ1v) is 12.6. The van der Waals surface area contributed by atoms with Gasteiger partial charge in [0.25, 0.3) is 25.7 Å². The van der Waals surface area contributed by atoms with Crippen LogP contribution in [0.2, 0.25) is 0 Å². The summed E-state index contributed by atoms with van der Waals surface area (Å²) in [6.07, 6.45) is 1.27. The monoisotopic (exact) mass is 473 g/mol. The Hall–Kier alpha value is -3.44. The number of rotatable bonds is 6. The average Bonchev–Trinajstić information content (AvgIpc) is 2.79. The third-order valence-electron chi connectivity index (χ3n) is 5.10. The molecule has 1 N–H and O–H groups in total. The second kappa shape index (κ2) is 8.24. The standard InChI is InChI=1S/C21H19N3O6S2/c25-24(26)19-10-4-5-11-21(19)31(27,28)22-17-13-12-16-7-6-14-23(20(16)15-17)32(29,30)18-8-2-1-3-9-18/h1-5,8-13,15,22H,6-7,14H2. The predicted molar refractivity (Wildman–Crippen MR) is 120 cm³/mol. The second-order valence-electron chi connectivity index (χ2n) is 7.17. The minimum atomic E-state index is -4.28. The Kier molecular flexibility index (Phi) is 5.61. The molecule has 0 fully saturated rings. The van der Waals surface area contributed by atoms with E-state index in [2.05, 4.69) is 4.72 Å². The summed E-state index contributed by atoms with van der Waals surface area (Å²) >= 11 is 0. The van der Waals surface area contributed by atoms with Crippen molar-refractivity contribution in [1.29, 1.82) is 0 Å². The highest BCUT2D eigenvalue weighted by molar-refractivity contribution is 7.93. The molecule has 0 atom stereocenters. The maximum absolute atomic E-state index is 13.2. The molecule has 0 saturated carbocycles. The molecule has 11 heteroatoms. The number of sulfonamides is 2. The SMILES string of the molecule is O=[N+]([O-])c1ccccc1S(=O)(=O)Nc1ccc2c(c1)N(S(=O)(=O)c1ccccc1)CCC2. The number of anilines is 2. The highest BCUT2D eigenvalue weighted by Crippen LogP contribution is 2.35. The number of hydrogen-bond acceptors (Lipinski definition) is 6. The zero-order chi connectivity index (χ0) is 22.9. The Balaban J connectivity index is 1.73. The fourth-order valence-electron chi connectivity index (χ4n) is 3.62. The number of nitrogens with zero attached hydrogens (tertiary/aromatic N) is 2. The van der Waals surface area contributed by atoms with E-state index in [1.54, 1.807) is 24.3 Å². The molecule has 1 heterocycles. The van der Waals surface area contributed by atoms with Crippen molar-refractivity contribution in [3.63, 3.8) is 0 Å². The fraction of sp³-hybridized carbons (Fsp3) is 0.143. The van der Waals surface area contributed by atoms with Crippen LogP contribution >= 0.6 is 0 Å². The molecule has 32 heavy (non-hydrogen) atoms. The molecule has 0 bridgehead atoms. The number of nitro benzene ring substituents is 1. The third kappa shape index (κ3) is 4.04. The van der Waals surface area contributed by atoms with E-state index in [4.69, 9.17) is 0 Å². The van der Waals surface area contributed by atoms with Crippen LogP contribution in [0.3, 0.4) is 0 Å². The molecule has 0 aliphatic carbocycles. The summed E-state index contributed by atoms with van der Waals surface area (Å²) < 4.78 is 55.7. The highest BCUT2D eigenvalue weighted by Gasteiger charge is 2.30. The van der Waals surface area contributed by atoms with Gasteiger partial charge in [-0.1, -0.05) is 36.4 Å². The third-order valence-corrected chi connectivity index (χ3v) is 8.35. The number of aryl methyl sites for hydroxylation is 1. The van der Waals surface area contributed by atoms with Gasteiger partial charge >= 0.3 is 0 Å². The van der Waals surface area contributed by atoms with Crippen LogP contribution < -0.4 is 9.03 Å². The van der Waals surface area contributed by atoms with E-state index >= 15 is 0 Å². The number of hydrogen-bond donors (Lipinski definition) is 1. The van der Waals surface area contributed by atoms with Crippen LogP contribution in [0.1, 0.15) is 12.0 Å². The van der Waals surface area contributed by atoms with Crippen molar-refractivity contribution in [2.24, 2.45) is 0 Å². The Morgan fingerprint density at radius 1 is 0.906 bits per heavy atom. The molecule has 0 aromatic heterocycles. The molecule has 3 aromatic rings. The van der Waals surface area contributed by atoms with Gasteiger partial charge in [-0.15, -0.1) is 0 Å². The van der Waals surface area contributed by atoms with Gasteiger partial charge < -0.3 is 0 Å². The lowest BCUT2D eigenvalue weighted by atomic mass is 10.0. The Labute approximate surface area is 185 Å². The van der Waals surface area contributed by atoms with E-state index in [9.17, 15) is 26.9 Å². The lowest BCUT2D eigenvalue weighted by molar-refractivity contribution is -0.387. The number of nitrogens with one attached hydrogen (secondary N) is 1. The summed E-state index contributed by atoms with van der Waals surface area (Å²) in [4.78, 5) is 10.1. The van der Waals surface area contributed by atoms with Gasteiger partial charge in [-0.05, 0) is 48.7 Å². The zero-order valence-electron chi connectivity index (χ0n) is 16.7. The molecule has 166 valence electrons. The molecule has 1 aliphatic heterocycles. The Bertz CT molecular complexity index is 1390. The molecule has 3 aromatic carbocycles. The topological polar surface area (TPSA) is 127 Å². The molecule has 0 saturated heterocycles. The van der Waals surface area contributed by atoms with Gasteiger partial charge in [0.05, 0.1) is 21.2 Å². The lowest BCUT2D eigenvalue weighted by Gasteiger charge is -2.31. The summed E-state index contributed by atoms with van der Waals surface area (Å²) in [5.74, 6) is 0. The smallest absolute Gasteiger partial charge is 0.279 e. The maximum Gasteiger partial charge on any atom is 0.289 e. The van der Waals surface area contributed by atoms with Crippen molar-refractivity contribution < 1.29 is 21.8 Å². The van der Waals surface area contributed by atoms with Crippen molar-refractivity contribution in [3.8, 4) is 0 Å². The normalized spacial score (nSPS) is 13.9. The van der Waals surface area contributed by atoms with Gasteiger partial charge in [0.1, 0.15) is 0 Å². The van der Waals surface area contributed by atoms with E-state index < -0.39 is 35.6 Å². The van der Waals surface area contributed by atoms with Crippen LogP contribution in [0, 0.1) is 10.1 Å². The minimum Gasteiger partial charge on any atom is -0.279 e. The van der Waals surface area contributed by atoms with Gasteiger partial charge in [0, 0.05) is 12.6 Å². The zero-order valence-corrected chi connectivity index (χ0v) is 18.3. The molecule has 9 nitrogen and oxygen atoms in total. The molecular weight excluding hydrogens is 454 g/mol. The first-order chi connectivity index (χ1) is 15.2. The Morgan fingerprint density at radius 2 is 1.59 bits per heavy atom. The van der Waals surface area contributed by atoms with Crippen molar-refractivity contribution in [3.05, 3.63) is 88.5 Å². The van der Waals surface area contributed by atoms with E-state index in [-0.39, 0.29) is 17.1 Å². The number of fused-ring (bicyclic) bond motifs is 1. The first kappa shape index (κ1) is 21.8. The quantitative estimate of drug-likeness (QED) is 0.431. The van der Waals surface area contributed by atoms with Crippen LogP contribution in [0.4, 0.5) is 17.1 Å². The number of benzene rings is 3. The highest BCUT2D eigenvalue weighted by atomic mass is 32.2. The van der Waals surface area contributed by atoms with Crippen molar-refractivity contribution in [2.45, 2.75) is 22.6 Å². The Morgan fingerprint density at radius 3 is 2.31 bits per heavy atom. The summed E-state index contributed by atoms with van der Waals surface area (Å²) in [6, 6.07) is 17.6. The maximum atomic E-state index is 13.2. The van der Waals surface area contributed by atoms with E-state index in [1.165, 1.54) is 40.7 Å². The lowest BCUT2D eigenvalue weighted by Crippen LogP contribution is -2.35.